The standard InChI is InChI=1S/C32H39N5O11/c1-14-8-17-23(25(40)19(14)12-37-30(34)35-2)26(41)22-18(24(17)39)10-16(46-3)11-20(22)47-29-27(42)28(43)31(44,32(45,13-38)48-29)6-4-15-5-7-36-21(33)9-15/h5,8-11,27-29,36,38,40,42-45H,4,6-7,12-13,33H2,1-3H3,(H3,34,35,37). The van der Waals surface area contributed by atoms with Gasteiger partial charge in [-0.1, -0.05) is 6.08 Å². The number of aliphatic imine (C=N–C) groups is 1. The summed E-state index contributed by atoms with van der Waals surface area (Å²) in [4.78, 5) is 31.7. The van der Waals surface area contributed by atoms with Crippen LogP contribution in [0.3, 0.4) is 0 Å². The number of hydrogen-bond acceptors (Lipinski definition) is 14. The Morgan fingerprint density at radius 3 is 2.52 bits per heavy atom. The normalized spacial score (nSPS) is 26.9. The number of ether oxygens (including phenoxy) is 3. The summed E-state index contributed by atoms with van der Waals surface area (Å²) in [5, 5.41) is 72.2. The predicted octanol–water partition coefficient (Wildman–Crippen LogP) is -1.50. The monoisotopic (exact) mass is 669 g/mol. The molecule has 0 saturated carbocycles. The van der Waals surface area contributed by atoms with Crippen LogP contribution in [0.15, 0.2) is 46.7 Å². The maximum atomic E-state index is 14.1. The van der Waals surface area contributed by atoms with E-state index in [1.807, 2.05) is 0 Å². The minimum absolute atomic E-state index is 0.0189. The van der Waals surface area contributed by atoms with Crippen LogP contribution in [0.25, 0.3) is 0 Å². The summed E-state index contributed by atoms with van der Waals surface area (Å²) < 4.78 is 16.7. The Labute approximate surface area is 274 Å². The van der Waals surface area contributed by atoms with Crippen LogP contribution in [-0.4, -0.2) is 105 Å². The smallest absolute Gasteiger partial charge is 0.231 e. The fourth-order valence-corrected chi connectivity index (χ4v) is 6.10. The maximum Gasteiger partial charge on any atom is 0.231 e. The molecular weight excluding hydrogens is 630 g/mol. The third-order valence-electron chi connectivity index (χ3n) is 8.91. The van der Waals surface area contributed by atoms with Crippen molar-refractivity contribution in [1.29, 1.82) is 0 Å². The second-order valence-corrected chi connectivity index (χ2v) is 11.8. The number of phenols is 1. The van der Waals surface area contributed by atoms with E-state index < -0.39 is 53.8 Å². The number of allylic oxidation sites excluding steroid dienone is 2. The number of hydrogen-bond donors (Lipinski definition) is 10. The van der Waals surface area contributed by atoms with E-state index in [0.717, 1.165) is 0 Å². The molecule has 16 heteroatoms. The minimum Gasteiger partial charge on any atom is -0.507 e. The van der Waals surface area contributed by atoms with E-state index >= 15 is 0 Å². The number of carbonyl (C=O) groups excluding carboxylic acids is 2. The van der Waals surface area contributed by atoms with E-state index in [1.54, 1.807) is 19.1 Å². The summed E-state index contributed by atoms with van der Waals surface area (Å²) in [6.07, 6.45) is -3.13. The van der Waals surface area contributed by atoms with Crippen LogP contribution in [0.1, 0.15) is 55.8 Å². The molecule has 2 aromatic carbocycles. The van der Waals surface area contributed by atoms with Gasteiger partial charge in [-0.15, -0.1) is 0 Å². The van der Waals surface area contributed by atoms with Crippen LogP contribution in [0.5, 0.6) is 17.2 Å². The first-order valence-corrected chi connectivity index (χ1v) is 15.0. The number of aliphatic hydroxyl groups is 5. The van der Waals surface area contributed by atoms with Crippen molar-refractivity contribution in [3.63, 3.8) is 0 Å². The molecular formula is C32H39N5O11. The summed E-state index contributed by atoms with van der Waals surface area (Å²) in [5.74, 6) is -4.68. The lowest BCUT2D eigenvalue weighted by molar-refractivity contribution is -0.419. The number of aromatic hydroxyl groups is 1. The van der Waals surface area contributed by atoms with Crippen molar-refractivity contribution < 1.29 is 54.4 Å². The van der Waals surface area contributed by atoms with Crippen molar-refractivity contribution in [3.8, 4) is 17.2 Å². The molecule has 0 spiro atoms. The SMILES string of the molecule is CN=C(N)NCc1c(C)cc2c(c1O)C(=O)c1c(OC3OC(O)(CO)C(O)(CCC4=CCNC(N)=C4)C(O)C3O)cc(OC)cc1C2=O. The number of dihydropyridines is 1. The molecule has 3 aliphatic rings. The highest BCUT2D eigenvalue weighted by molar-refractivity contribution is 6.30. The van der Waals surface area contributed by atoms with Crippen molar-refractivity contribution in [1.82, 2.24) is 10.6 Å². The number of nitrogens with one attached hydrogen (secondary N) is 2. The highest BCUT2D eigenvalue weighted by Gasteiger charge is 2.64. The van der Waals surface area contributed by atoms with Gasteiger partial charge in [0.25, 0.3) is 0 Å². The molecule has 258 valence electrons. The molecule has 1 aliphatic carbocycles. The van der Waals surface area contributed by atoms with Gasteiger partial charge in [-0.2, -0.15) is 0 Å². The number of guanidine groups is 1. The Hall–Kier alpha value is -4.71. The van der Waals surface area contributed by atoms with Crippen LogP contribution in [0, 0.1) is 6.92 Å². The van der Waals surface area contributed by atoms with Crippen molar-refractivity contribution in [2.75, 3.05) is 27.3 Å². The molecule has 0 aromatic heterocycles. The van der Waals surface area contributed by atoms with Crippen molar-refractivity contribution in [3.05, 3.63) is 75.1 Å². The molecule has 5 atom stereocenters. The Morgan fingerprint density at radius 2 is 1.88 bits per heavy atom. The van der Waals surface area contributed by atoms with Gasteiger partial charge in [0.1, 0.15) is 41.7 Å². The number of phenolic OH excluding ortho intramolecular Hbond substituents is 1. The number of carbonyl (C=O) groups is 2. The summed E-state index contributed by atoms with van der Waals surface area (Å²) in [7, 11) is 2.77. The van der Waals surface area contributed by atoms with Crippen molar-refractivity contribution in [2.45, 2.75) is 56.2 Å². The number of nitrogens with zero attached hydrogens (tertiary/aromatic N) is 1. The van der Waals surface area contributed by atoms with Crippen LogP contribution in [-0.2, 0) is 11.3 Å². The fraction of sp³-hybridized carbons (Fsp3) is 0.406. The number of aryl methyl sites for hydroxylation is 1. The number of ketones is 2. The summed E-state index contributed by atoms with van der Waals surface area (Å²) in [6, 6.07) is 3.98. The van der Waals surface area contributed by atoms with Crippen LogP contribution in [0.4, 0.5) is 0 Å². The molecule has 1 fully saturated rings. The zero-order chi connectivity index (χ0) is 35.1. The molecule has 12 N–H and O–H groups in total. The predicted molar refractivity (Wildman–Crippen MR) is 169 cm³/mol. The molecule has 2 heterocycles. The van der Waals surface area contributed by atoms with Crippen LogP contribution < -0.4 is 31.6 Å². The van der Waals surface area contributed by atoms with Gasteiger partial charge in [-0.05, 0) is 49.1 Å². The molecule has 0 radical (unpaired) electrons. The molecule has 2 aromatic rings. The molecule has 0 amide bonds. The van der Waals surface area contributed by atoms with E-state index in [2.05, 4.69) is 15.6 Å². The molecule has 5 unspecified atom stereocenters. The van der Waals surface area contributed by atoms with Gasteiger partial charge in [0, 0.05) is 42.9 Å². The number of rotatable bonds is 9. The minimum atomic E-state index is -2.87. The zero-order valence-electron chi connectivity index (χ0n) is 26.5. The molecule has 5 rings (SSSR count). The number of aliphatic hydroxyl groups excluding tert-OH is 3. The van der Waals surface area contributed by atoms with Gasteiger partial charge in [0.15, 0.2) is 11.7 Å². The maximum absolute atomic E-state index is 14.1. The molecule has 16 nitrogen and oxygen atoms in total. The third kappa shape index (κ3) is 5.82. The highest BCUT2D eigenvalue weighted by atomic mass is 16.8. The number of methoxy groups -OCH3 is 1. The third-order valence-corrected chi connectivity index (χ3v) is 8.91. The van der Waals surface area contributed by atoms with E-state index in [0.29, 0.717) is 23.5 Å². The van der Waals surface area contributed by atoms with Crippen molar-refractivity contribution >= 4 is 17.5 Å². The van der Waals surface area contributed by atoms with Gasteiger partial charge >= 0.3 is 0 Å². The van der Waals surface area contributed by atoms with Crippen molar-refractivity contribution in [2.24, 2.45) is 16.5 Å². The Bertz CT molecular complexity index is 1740. The van der Waals surface area contributed by atoms with E-state index in [-0.39, 0.29) is 64.7 Å². The Morgan fingerprint density at radius 1 is 1.17 bits per heavy atom. The lowest BCUT2D eigenvalue weighted by atomic mass is 9.77. The lowest BCUT2D eigenvalue weighted by Gasteiger charge is -2.52. The Balaban J connectivity index is 1.51. The lowest BCUT2D eigenvalue weighted by Crippen LogP contribution is -2.74. The molecule has 2 aliphatic heterocycles. The quantitative estimate of drug-likeness (QED) is 0.0917. The van der Waals surface area contributed by atoms with E-state index in [4.69, 9.17) is 25.7 Å². The zero-order valence-corrected chi connectivity index (χ0v) is 26.5. The van der Waals surface area contributed by atoms with Gasteiger partial charge in [-0.25, -0.2) is 0 Å². The molecule has 48 heavy (non-hydrogen) atoms. The number of fused-ring (bicyclic) bond motifs is 2. The van der Waals surface area contributed by atoms with Gasteiger partial charge in [0.05, 0.1) is 24.1 Å². The second-order valence-electron chi connectivity index (χ2n) is 11.8. The second kappa shape index (κ2) is 13.1. The molecule has 1 saturated heterocycles. The fourth-order valence-electron chi connectivity index (χ4n) is 6.10. The first kappa shape index (κ1) is 34.6. The average Bonchev–Trinajstić information content (AvgIpc) is 3.07. The highest BCUT2D eigenvalue weighted by Crippen LogP contribution is 2.45. The van der Waals surface area contributed by atoms with Gasteiger partial charge in [-0.3, -0.25) is 14.6 Å². The average molecular weight is 670 g/mol. The van der Waals surface area contributed by atoms with E-state index in [9.17, 15) is 40.2 Å². The molecule has 0 bridgehead atoms. The van der Waals surface area contributed by atoms with Gasteiger partial charge < -0.3 is 67.0 Å². The topological polar surface area (TPSA) is 272 Å². The largest absolute Gasteiger partial charge is 0.507 e. The van der Waals surface area contributed by atoms with Gasteiger partial charge in [0.2, 0.25) is 17.9 Å². The first-order valence-electron chi connectivity index (χ1n) is 15.0. The van der Waals surface area contributed by atoms with Crippen LogP contribution in [0.2, 0.25) is 0 Å². The van der Waals surface area contributed by atoms with Crippen LogP contribution >= 0.6 is 0 Å². The summed E-state index contributed by atoms with van der Waals surface area (Å²) >= 11 is 0. The Kier molecular flexibility index (Phi) is 9.42. The summed E-state index contributed by atoms with van der Waals surface area (Å²) in [6.45, 7) is 0.807. The number of nitrogens with two attached hydrogens (primary N) is 2. The van der Waals surface area contributed by atoms with E-state index in [1.165, 1.54) is 32.4 Å². The first-order chi connectivity index (χ1) is 22.7. The summed E-state index contributed by atoms with van der Waals surface area (Å²) in [5.41, 5.74) is 9.47. The number of benzene rings is 2.